The normalized spacial score (nSPS) is 14.4. The van der Waals surface area contributed by atoms with Crippen LogP contribution in [0.15, 0.2) is 88.4 Å². The predicted molar refractivity (Wildman–Crippen MR) is 117 cm³/mol. The molecule has 0 aromatic heterocycles. The van der Waals surface area contributed by atoms with E-state index in [1.165, 1.54) is 22.3 Å². The zero-order chi connectivity index (χ0) is 19.9. The molecule has 0 fully saturated rings. The highest BCUT2D eigenvalue weighted by molar-refractivity contribution is 5.92. The minimum absolute atomic E-state index is 0.0906. The van der Waals surface area contributed by atoms with Crippen molar-refractivity contribution >= 4 is 5.84 Å². The monoisotopic (exact) mass is 358 g/mol. The van der Waals surface area contributed by atoms with Gasteiger partial charge in [0.2, 0.25) is 0 Å². The summed E-state index contributed by atoms with van der Waals surface area (Å²) in [4.78, 5) is 4.44. The van der Waals surface area contributed by atoms with Crippen molar-refractivity contribution in [3.05, 3.63) is 94.6 Å². The minimum Gasteiger partial charge on any atom is -0.384 e. The van der Waals surface area contributed by atoms with Crippen LogP contribution < -0.4 is 5.73 Å². The van der Waals surface area contributed by atoms with Crippen LogP contribution in [0.4, 0.5) is 0 Å². The number of amidine groups is 1. The second-order valence-corrected chi connectivity index (χ2v) is 8.01. The Kier molecular flexibility index (Phi) is 7.02. The summed E-state index contributed by atoms with van der Waals surface area (Å²) in [5.74, 6) is 0.515. The molecule has 0 heterocycles. The molecule has 1 aliphatic rings. The van der Waals surface area contributed by atoms with Crippen molar-refractivity contribution in [2.45, 2.75) is 47.0 Å². The average molecular weight is 359 g/mol. The molecule has 0 radical (unpaired) electrons. The van der Waals surface area contributed by atoms with Crippen molar-refractivity contribution in [2.75, 3.05) is 0 Å². The number of rotatable bonds is 7. The molecule has 2 heteroatoms. The van der Waals surface area contributed by atoms with E-state index in [-0.39, 0.29) is 5.41 Å². The molecule has 1 aromatic carbocycles. The topological polar surface area (TPSA) is 38.4 Å². The fourth-order valence-corrected chi connectivity index (χ4v) is 2.58. The summed E-state index contributed by atoms with van der Waals surface area (Å²) < 4.78 is 0. The zero-order valence-electron chi connectivity index (χ0n) is 17.0. The number of allylic oxidation sites excluding steroid dienone is 6. The predicted octanol–water partition coefficient (Wildman–Crippen LogP) is 5.83. The summed E-state index contributed by atoms with van der Waals surface area (Å²) in [6.45, 7) is 12.6. The van der Waals surface area contributed by atoms with Gasteiger partial charge in [-0.2, -0.15) is 0 Å². The van der Waals surface area contributed by atoms with Crippen molar-refractivity contribution in [1.82, 2.24) is 0 Å². The smallest absolute Gasteiger partial charge is 0.123 e. The molecular weight excluding hydrogens is 328 g/mol. The van der Waals surface area contributed by atoms with E-state index in [4.69, 9.17) is 5.73 Å². The molecule has 0 aliphatic heterocycles. The van der Waals surface area contributed by atoms with Crippen LogP contribution in [0.3, 0.4) is 0 Å². The van der Waals surface area contributed by atoms with Crippen molar-refractivity contribution in [1.29, 1.82) is 0 Å². The third-order valence-electron chi connectivity index (χ3n) is 4.69. The van der Waals surface area contributed by atoms with Crippen molar-refractivity contribution in [3.63, 3.8) is 0 Å². The Morgan fingerprint density at radius 3 is 2.37 bits per heavy atom. The third kappa shape index (κ3) is 7.15. The first kappa shape index (κ1) is 20.5. The molecule has 1 aromatic rings. The Labute approximate surface area is 163 Å². The fraction of sp³-hybridized carbons (Fsp3) is 0.320. The van der Waals surface area contributed by atoms with Gasteiger partial charge >= 0.3 is 0 Å². The van der Waals surface area contributed by atoms with Gasteiger partial charge in [0, 0.05) is 12.1 Å². The zero-order valence-corrected chi connectivity index (χ0v) is 17.0. The fourth-order valence-electron chi connectivity index (χ4n) is 2.58. The quantitative estimate of drug-likeness (QED) is 0.371. The molecule has 0 saturated heterocycles. The van der Waals surface area contributed by atoms with Crippen molar-refractivity contribution in [2.24, 2.45) is 16.1 Å². The minimum atomic E-state index is 0.0906. The standard InChI is InChI=1S/C25H30N2/c1-19(25(3,4)5)17-24(26)27-20(2)18-23-15-13-22(14-16-23)12-11-21-9-7-6-8-10-21/h7,9-10,13-17H,2,11-12,18H2,1,3-5H3,(H2,26,27)/b19-17+. The van der Waals surface area contributed by atoms with Gasteiger partial charge in [-0.1, -0.05) is 68.7 Å². The van der Waals surface area contributed by atoms with Crippen LogP contribution in [0.2, 0.25) is 0 Å². The van der Waals surface area contributed by atoms with E-state index < -0.39 is 0 Å². The summed E-state index contributed by atoms with van der Waals surface area (Å²) >= 11 is 0. The van der Waals surface area contributed by atoms with Gasteiger partial charge in [0.25, 0.3) is 0 Å². The Balaban J connectivity index is 1.91. The van der Waals surface area contributed by atoms with Gasteiger partial charge in [-0.3, -0.25) is 0 Å². The van der Waals surface area contributed by atoms with E-state index >= 15 is 0 Å². The number of hydrogen-bond donors (Lipinski definition) is 1. The molecule has 27 heavy (non-hydrogen) atoms. The molecule has 2 rings (SSSR count). The van der Waals surface area contributed by atoms with E-state index in [9.17, 15) is 0 Å². The summed E-state index contributed by atoms with van der Waals surface area (Å²) in [7, 11) is 0. The SMILES string of the molecule is C=C(Cc1ccc(CCC2=CC=C=C=C2)cc1)N=C(N)/C=C(\C)C(C)(C)C. The van der Waals surface area contributed by atoms with E-state index in [0.29, 0.717) is 12.3 Å². The number of aryl methyl sites for hydroxylation is 1. The highest BCUT2D eigenvalue weighted by Gasteiger charge is 2.12. The Morgan fingerprint density at radius 1 is 1.11 bits per heavy atom. The first-order valence-corrected chi connectivity index (χ1v) is 9.39. The second-order valence-electron chi connectivity index (χ2n) is 8.01. The lowest BCUT2D eigenvalue weighted by Gasteiger charge is -2.19. The van der Waals surface area contributed by atoms with Crippen LogP contribution in [0.25, 0.3) is 0 Å². The number of aliphatic imine (C=N–C) groups is 1. The molecule has 0 amide bonds. The van der Waals surface area contributed by atoms with Crippen molar-refractivity contribution in [3.8, 4) is 0 Å². The van der Waals surface area contributed by atoms with Gasteiger partial charge in [0.1, 0.15) is 5.84 Å². The van der Waals surface area contributed by atoms with Crippen LogP contribution in [0.5, 0.6) is 0 Å². The molecule has 1 aliphatic carbocycles. The lowest BCUT2D eigenvalue weighted by molar-refractivity contribution is 0.504. The van der Waals surface area contributed by atoms with Crippen LogP contribution in [-0.2, 0) is 12.8 Å². The second kappa shape index (κ2) is 9.24. The van der Waals surface area contributed by atoms with Crippen LogP contribution >= 0.6 is 0 Å². The van der Waals surface area contributed by atoms with E-state index in [0.717, 1.165) is 18.5 Å². The molecule has 2 N–H and O–H groups in total. The lowest BCUT2D eigenvalue weighted by Crippen LogP contribution is -2.14. The summed E-state index contributed by atoms with van der Waals surface area (Å²) in [5.41, 5.74) is 17.9. The number of nitrogens with two attached hydrogens (primary N) is 1. The third-order valence-corrected chi connectivity index (χ3v) is 4.69. The Bertz CT molecular complexity index is 871. The molecule has 2 nitrogen and oxygen atoms in total. The van der Waals surface area contributed by atoms with Gasteiger partial charge < -0.3 is 5.73 Å². The summed E-state index contributed by atoms with van der Waals surface area (Å²) in [6, 6.07) is 8.65. The maximum Gasteiger partial charge on any atom is 0.123 e. The summed E-state index contributed by atoms with van der Waals surface area (Å²) in [5, 5.41) is 0. The molecule has 0 spiro atoms. The molecule has 0 bridgehead atoms. The van der Waals surface area contributed by atoms with Gasteiger partial charge in [-0.05, 0) is 66.2 Å². The molecule has 0 saturated carbocycles. The first-order valence-electron chi connectivity index (χ1n) is 9.39. The lowest BCUT2D eigenvalue weighted by atomic mass is 9.87. The van der Waals surface area contributed by atoms with E-state index in [1.54, 1.807) is 0 Å². The van der Waals surface area contributed by atoms with Gasteiger partial charge in [0.05, 0.1) is 0 Å². The van der Waals surface area contributed by atoms with Crippen molar-refractivity contribution < 1.29 is 0 Å². The Morgan fingerprint density at radius 2 is 1.78 bits per heavy atom. The van der Waals surface area contributed by atoms with Gasteiger partial charge in [-0.25, -0.2) is 4.99 Å². The molecule has 140 valence electrons. The van der Waals surface area contributed by atoms with Crippen LogP contribution in [-0.4, -0.2) is 5.84 Å². The van der Waals surface area contributed by atoms with Gasteiger partial charge in [-0.15, -0.1) is 0 Å². The number of benzene rings is 1. The highest BCUT2D eigenvalue weighted by atomic mass is 14.9. The first-order chi connectivity index (χ1) is 12.7. The molecule has 0 atom stereocenters. The van der Waals surface area contributed by atoms with E-state index in [2.05, 4.69) is 81.1 Å². The van der Waals surface area contributed by atoms with E-state index in [1.807, 2.05) is 18.2 Å². The Hall–Kier alpha value is -2.79. The number of nitrogens with zero attached hydrogens (tertiary/aromatic N) is 1. The summed E-state index contributed by atoms with van der Waals surface area (Å²) in [6.07, 6.45) is 10.7. The largest absolute Gasteiger partial charge is 0.384 e. The van der Waals surface area contributed by atoms with Crippen LogP contribution in [0.1, 0.15) is 45.2 Å². The maximum atomic E-state index is 6.05. The van der Waals surface area contributed by atoms with Crippen LogP contribution in [0, 0.1) is 5.41 Å². The average Bonchev–Trinajstić information content (AvgIpc) is 2.61. The number of hydrogen-bond acceptors (Lipinski definition) is 1. The molecule has 0 unspecified atom stereocenters. The molecular formula is C25H30N2. The van der Waals surface area contributed by atoms with Gasteiger partial charge in [0.15, 0.2) is 0 Å². The highest BCUT2D eigenvalue weighted by Crippen LogP contribution is 2.24. The maximum absolute atomic E-state index is 6.05.